The molecular weight excluding hydrogens is 216 g/mol. The Labute approximate surface area is 99.0 Å². The van der Waals surface area contributed by atoms with Crippen molar-refractivity contribution >= 4 is 17.8 Å². The highest BCUT2D eigenvalue weighted by molar-refractivity contribution is 6.01. The van der Waals surface area contributed by atoms with E-state index in [2.05, 4.69) is 10.3 Å². The normalized spacial score (nSPS) is 10.6. The number of nitrogens with zero attached hydrogens (tertiary/aromatic N) is 1. The fraction of sp³-hybridized carbons (Fsp3) is 0.0769. The van der Waals surface area contributed by atoms with Crippen LogP contribution in [0.15, 0.2) is 47.1 Å². The van der Waals surface area contributed by atoms with E-state index in [4.69, 9.17) is 4.42 Å². The number of hydrogen-bond acceptors (Lipinski definition) is 3. The predicted octanol–water partition coefficient (Wildman–Crippen LogP) is 2.63. The van der Waals surface area contributed by atoms with Crippen LogP contribution in [0.1, 0.15) is 11.5 Å². The Morgan fingerprint density at radius 1 is 1.35 bits per heavy atom. The lowest BCUT2D eigenvalue weighted by Gasteiger charge is -2.01. The zero-order valence-corrected chi connectivity index (χ0v) is 9.38. The molecule has 0 aliphatic carbocycles. The van der Waals surface area contributed by atoms with E-state index in [0.717, 1.165) is 5.69 Å². The summed E-state index contributed by atoms with van der Waals surface area (Å²) in [6, 6.07) is 8.99. The van der Waals surface area contributed by atoms with Gasteiger partial charge in [-0.05, 0) is 37.3 Å². The van der Waals surface area contributed by atoms with Crippen LogP contribution in [0.3, 0.4) is 0 Å². The summed E-state index contributed by atoms with van der Waals surface area (Å²) in [6.07, 6.45) is 4.56. The Kier molecular flexibility index (Phi) is 3.35. The molecule has 0 bridgehead atoms. The van der Waals surface area contributed by atoms with Crippen molar-refractivity contribution in [2.24, 2.45) is 0 Å². The van der Waals surface area contributed by atoms with Gasteiger partial charge in [-0.2, -0.15) is 0 Å². The zero-order chi connectivity index (χ0) is 12.1. The average Bonchev–Trinajstić information content (AvgIpc) is 2.79. The number of hydrogen-bond donors (Lipinski definition) is 1. The topological polar surface area (TPSA) is 55.1 Å². The molecule has 0 spiro atoms. The van der Waals surface area contributed by atoms with Crippen LogP contribution in [0, 0.1) is 6.92 Å². The number of furan rings is 1. The third-order valence-corrected chi connectivity index (χ3v) is 2.08. The third kappa shape index (κ3) is 3.31. The van der Waals surface area contributed by atoms with E-state index in [1.807, 2.05) is 19.1 Å². The van der Waals surface area contributed by atoms with Gasteiger partial charge in [0, 0.05) is 11.8 Å². The largest absolute Gasteiger partial charge is 0.465 e. The van der Waals surface area contributed by atoms with E-state index >= 15 is 0 Å². The molecule has 0 fully saturated rings. The van der Waals surface area contributed by atoms with Gasteiger partial charge in [0.25, 0.3) is 0 Å². The Bertz CT molecular complexity index is 530. The maximum atomic E-state index is 11.5. The van der Waals surface area contributed by atoms with Crippen molar-refractivity contribution in [1.29, 1.82) is 0 Å². The second-order valence-electron chi connectivity index (χ2n) is 3.50. The first-order chi connectivity index (χ1) is 8.24. The summed E-state index contributed by atoms with van der Waals surface area (Å²) < 4.78 is 5.07. The summed E-state index contributed by atoms with van der Waals surface area (Å²) in [5.74, 6) is 0.941. The first kappa shape index (κ1) is 11.1. The molecule has 0 saturated carbocycles. The fourth-order valence-electron chi connectivity index (χ4n) is 1.32. The predicted molar refractivity (Wildman–Crippen MR) is 65.3 cm³/mol. The van der Waals surface area contributed by atoms with Gasteiger partial charge in [-0.1, -0.05) is 6.07 Å². The van der Waals surface area contributed by atoms with Crippen molar-refractivity contribution in [3.8, 4) is 0 Å². The number of amides is 1. The van der Waals surface area contributed by atoms with E-state index < -0.39 is 0 Å². The van der Waals surface area contributed by atoms with Crippen LogP contribution in [-0.2, 0) is 4.79 Å². The maximum absolute atomic E-state index is 11.5. The van der Waals surface area contributed by atoms with Gasteiger partial charge in [0.2, 0.25) is 5.91 Å². The van der Waals surface area contributed by atoms with Crippen molar-refractivity contribution < 1.29 is 9.21 Å². The van der Waals surface area contributed by atoms with Gasteiger partial charge in [0.15, 0.2) is 0 Å². The molecule has 1 amide bonds. The van der Waals surface area contributed by atoms with Crippen LogP contribution in [0.5, 0.6) is 0 Å². The van der Waals surface area contributed by atoms with E-state index in [-0.39, 0.29) is 5.91 Å². The Hall–Kier alpha value is -2.36. The number of nitrogens with one attached hydrogen (secondary N) is 1. The molecule has 1 N–H and O–H groups in total. The molecule has 86 valence electrons. The summed E-state index contributed by atoms with van der Waals surface area (Å²) >= 11 is 0. The SMILES string of the molecule is Cc1cccc(NC(=O)/C=C\c2ccco2)n1. The molecule has 0 aliphatic heterocycles. The summed E-state index contributed by atoms with van der Waals surface area (Å²) in [5, 5.41) is 2.67. The summed E-state index contributed by atoms with van der Waals surface area (Å²) in [5.41, 5.74) is 0.859. The van der Waals surface area contributed by atoms with Crippen LogP contribution in [0.4, 0.5) is 5.82 Å². The molecule has 0 atom stereocenters. The van der Waals surface area contributed by atoms with Crippen LogP contribution >= 0.6 is 0 Å². The second-order valence-corrected chi connectivity index (χ2v) is 3.50. The Balaban J connectivity index is 1.98. The number of aryl methyl sites for hydroxylation is 1. The molecule has 2 rings (SSSR count). The summed E-state index contributed by atoms with van der Waals surface area (Å²) in [4.78, 5) is 15.7. The minimum atomic E-state index is -0.237. The van der Waals surface area contributed by atoms with Crippen molar-refractivity contribution in [1.82, 2.24) is 4.98 Å². The molecule has 4 nitrogen and oxygen atoms in total. The van der Waals surface area contributed by atoms with Gasteiger partial charge >= 0.3 is 0 Å². The highest BCUT2D eigenvalue weighted by Gasteiger charge is 1.99. The van der Waals surface area contributed by atoms with E-state index in [9.17, 15) is 4.79 Å². The van der Waals surface area contributed by atoms with Crippen molar-refractivity contribution in [3.63, 3.8) is 0 Å². The quantitative estimate of drug-likeness (QED) is 0.821. The van der Waals surface area contributed by atoms with E-state index in [1.165, 1.54) is 6.08 Å². The number of carbonyl (C=O) groups excluding carboxylic acids is 1. The first-order valence-electron chi connectivity index (χ1n) is 5.20. The van der Waals surface area contributed by atoms with Crippen LogP contribution in [0.2, 0.25) is 0 Å². The number of rotatable bonds is 3. The van der Waals surface area contributed by atoms with Crippen molar-refractivity contribution in [2.45, 2.75) is 6.92 Å². The monoisotopic (exact) mass is 228 g/mol. The number of aromatic nitrogens is 1. The number of carbonyl (C=O) groups is 1. The lowest BCUT2D eigenvalue weighted by atomic mass is 10.3. The molecule has 0 aromatic carbocycles. The zero-order valence-electron chi connectivity index (χ0n) is 9.38. The summed E-state index contributed by atoms with van der Waals surface area (Å²) in [7, 11) is 0. The van der Waals surface area contributed by atoms with Crippen molar-refractivity contribution in [2.75, 3.05) is 5.32 Å². The van der Waals surface area contributed by atoms with Gasteiger partial charge in [-0.25, -0.2) is 4.98 Å². The van der Waals surface area contributed by atoms with Gasteiger partial charge < -0.3 is 9.73 Å². The number of anilines is 1. The smallest absolute Gasteiger partial charge is 0.249 e. The minimum Gasteiger partial charge on any atom is -0.465 e. The molecule has 4 heteroatoms. The molecular formula is C13H12N2O2. The lowest BCUT2D eigenvalue weighted by Crippen LogP contribution is -2.09. The molecule has 0 radical (unpaired) electrons. The fourth-order valence-corrected chi connectivity index (χ4v) is 1.32. The molecule has 0 aliphatic rings. The number of pyridine rings is 1. The Morgan fingerprint density at radius 2 is 2.24 bits per heavy atom. The van der Waals surface area contributed by atoms with Crippen molar-refractivity contribution in [3.05, 3.63) is 54.1 Å². The maximum Gasteiger partial charge on any atom is 0.249 e. The average molecular weight is 228 g/mol. The van der Waals surface area contributed by atoms with Gasteiger partial charge in [-0.3, -0.25) is 4.79 Å². The van der Waals surface area contributed by atoms with Crippen LogP contribution in [0.25, 0.3) is 6.08 Å². The van der Waals surface area contributed by atoms with Crippen LogP contribution in [-0.4, -0.2) is 10.9 Å². The molecule has 2 aromatic rings. The van der Waals surface area contributed by atoms with E-state index in [0.29, 0.717) is 11.6 Å². The van der Waals surface area contributed by atoms with Crippen LogP contribution < -0.4 is 5.32 Å². The van der Waals surface area contributed by atoms with E-state index in [1.54, 1.807) is 30.5 Å². The van der Waals surface area contributed by atoms with Gasteiger partial charge in [0.1, 0.15) is 11.6 Å². The third-order valence-electron chi connectivity index (χ3n) is 2.08. The highest BCUT2D eigenvalue weighted by Crippen LogP contribution is 2.05. The minimum absolute atomic E-state index is 0.237. The standard InChI is InChI=1S/C13H12N2O2/c1-10-4-2-6-12(14-10)15-13(16)8-7-11-5-3-9-17-11/h2-9H,1H3,(H,14,15,16)/b8-7-. The summed E-state index contributed by atoms with van der Waals surface area (Å²) in [6.45, 7) is 1.87. The molecule has 2 aromatic heterocycles. The van der Waals surface area contributed by atoms with Gasteiger partial charge in [0.05, 0.1) is 6.26 Å². The van der Waals surface area contributed by atoms with Gasteiger partial charge in [-0.15, -0.1) is 0 Å². The first-order valence-corrected chi connectivity index (χ1v) is 5.20. The molecule has 2 heterocycles. The molecule has 0 saturated heterocycles. The Morgan fingerprint density at radius 3 is 2.94 bits per heavy atom. The molecule has 17 heavy (non-hydrogen) atoms. The second kappa shape index (κ2) is 5.12. The lowest BCUT2D eigenvalue weighted by molar-refractivity contribution is -0.111. The molecule has 0 unspecified atom stereocenters. The highest BCUT2D eigenvalue weighted by atomic mass is 16.3.